The van der Waals surface area contributed by atoms with Gasteiger partial charge in [-0.2, -0.15) is 0 Å². The lowest BCUT2D eigenvalue weighted by Gasteiger charge is -2.22. The Morgan fingerprint density at radius 3 is 1.92 bits per heavy atom. The number of hydrogen-bond acceptors (Lipinski definition) is 4. The fraction of sp³-hybridized carbons (Fsp3) is 0.625. The van der Waals surface area contributed by atoms with E-state index in [1.54, 1.807) is 0 Å². The first-order valence-corrected chi connectivity index (χ1v) is 3.40. The number of carbonyl (C=O) groups excluding carboxylic acids is 3. The van der Waals surface area contributed by atoms with Crippen LogP contribution < -0.4 is 0 Å². The highest BCUT2D eigenvalue weighted by molar-refractivity contribution is 5.93. The third kappa shape index (κ3) is 4.25. The molecule has 0 heterocycles. The summed E-state index contributed by atoms with van der Waals surface area (Å²) in [4.78, 5) is 32.4. The average Bonchev–Trinajstić information content (AvgIpc) is 1.85. The average molecular weight is 189 g/mol. The van der Waals surface area contributed by atoms with Crippen LogP contribution >= 0.6 is 0 Å². The lowest BCUT2D eigenvalue weighted by molar-refractivity contribution is -0.159. The smallest absolute Gasteiger partial charge is 0.295 e. The first-order valence-electron chi connectivity index (χ1n) is 3.40. The molecule has 0 aliphatic rings. The minimum Gasteiger partial charge on any atom is -0.444 e. The van der Waals surface area contributed by atoms with Crippen LogP contribution in [0.3, 0.4) is 0 Å². The zero-order valence-electron chi connectivity index (χ0n) is 7.23. The Hall–Kier alpha value is -1.39. The molecule has 0 aromatic heterocycles. The quantitative estimate of drug-likeness (QED) is 0.480. The van der Waals surface area contributed by atoms with Crippen molar-refractivity contribution >= 4 is 18.3 Å². The van der Waals surface area contributed by atoms with Crippen molar-refractivity contribution in [2.45, 2.75) is 34.4 Å². The summed E-state index contributed by atoms with van der Waals surface area (Å²) < 4.78 is 4.43. The number of imide groups is 1. The molecule has 0 saturated heterocycles. The second-order valence-electron chi connectivity index (χ2n) is 2.24. The maximum absolute atomic E-state index is 10.8. The maximum atomic E-state index is 10.8. The van der Waals surface area contributed by atoms with Crippen molar-refractivity contribution in [2.75, 3.05) is 0 Å². The zero-order chi connectivity index (χ0) is 9.72. The molecule has 0 saturated carbocycles. The van der Waals surface area contributed by atoms with Gasteiger partial charge in [-0.3, -0.25) is 14.4 Å². The maximum Gasteiger partial charge on any atom is 0.295 e. The molecule has 2 amide bonds. The molecule has 0 fully saturated rings. The largest absolute Gasteiger partial charge is 0.444 e. The van der Waals surface area contributed by atoms with E-state index in [9.17, 15) is 14.4 Å². The van der Waals surface area contributed by atoms with Gasteiger partial charge in [-0.05, 0) is 6.92 Å². The molecule has 0 spiro atoms. The molecule has 13 heavy (non-hydrogen) atoms. The van der Waals surface area contributed by atoms with Gasteiger partial charge in [-0.25, -0.2) is 4.90 Å². The van der Waals surface area contributed by atoms with Gasteiger partial charge in [0.25, 0.3) is 6.47 Å². The van der Waals surface area contributed by atoms with Gasteiger partial charge in [0.05, 0.1) is 0 Å². The van der Waals surface area contributed by atoms with Crippen LogP contribution in [0, 0.1) is 0 Å². The van der Waals surface area contributed by atoms with Gasteiger partial charge in [0.15, 0.2) is 6.23 Å². The van der Waals surface area contributed by atoms with Crippen LogP contribution in [0.2, 0.25) is 0 Å². The second-order valence-corrected chi connectivity index (χ2v) is 2.24. The lowest BCUT2D eigenvalue weighted by atomic mass is 10.4. The molecule has 0 aromatic rings. The predicted molar refractivity (Wildman–Crippen MR) is 46.5 cm³/mol. The molecule has 0 aliphatic heterocycles. The van der Waals surface area contributed by atoms with Gasteiger partial charge < -0.3 is 4.74 Å². The minimum absolute atomic E-state index is 0. The van der Waals surface area contributed by atoms with E-state index in [4.69, 9.17) is 0 Å². The Labute approximate surface area is 77.7 Å². The van der Waals surface area contributed by atoms with Gasteiger partial charge in [-0.15, -0.1) is 0 Å². The summed E-state index contributed by atoms with van der Waals surface area (Å²) in [6, 6.07) is 0. The molecule has 0 bridgehead atoms. The van der Waals surface area contributed by atoms with Crippen LogP contribution in [0.1, 0.15) is 28.2 Å². The Kier molecular flexibility index (Phi) is 6.71. The van der Waals surface area contributed by atoms with E-state index >= 15 is 0 Å². The van der Waals surface area contributed by atoms with E-state index in [2.05, 4.69) is 4.74 Å². The van der Waals surface area contributed by atoms with E-state index in [1.807, 2.05) is 0 Å². The van der Waals surface area contributed by atoms with Crippen molar-refractivity contribution in [3.63, 3.8) is 0 Å². The molecule has 1 unspecified atom stereocenters. The summed E-state index contributed by atoms with van der Waals surface area (Å²) in [6.45, 7) is 4.10. The molecule has 0 rings (SSSR count). The topological polar surface area (TPSA) is 63.7 Å². The number of nitrogens with zero attached hydrogens (tertiary/aromatic N) is 1. The Balaban J connectivity index is 0. The van der Waals surface area contributed by atoms with Gasteiger partial charge in [-0.1, -0.05) is 7.43 Å². The molecule has 76 valence electrons. The van der Waals surface area contributed by atoms with E-state index in [1.165, 1.54) is 20.8 Å². The molecular weight excluding hydrogens is 174 g/mol. The van der Waals surface area contributed by atoms with Gasteiger partial charge in [0.1, 0.15) is 0 Å². The van der Waals surface area contributed by atoms with Crippen molar-refractivity contribution in [3.8, 4) is 0 Å². The molecule has 0 aromatic carbocycles. The number of hydrogen-bond donors (Lipinski definition) is 0. The highest BCUT2D eigenvalue weighted by atomic mass is 16.5. The van der Waals surface area contributed by atoms with Crippen LogP contribution in [-0.4, -0.2) is 29.4 Å². The molecule has 1 atom stereocenters. The summed E-state index contributed by atoms with van der Waals surface area (Å²) in [5.41, 5.74) is 0. The summed E-state index contributed by atoms with van der Waals surface area (Å²) in [7, 11) is 0. The minimum atomic E-state index is -0.836. The Morgan fingerprint density at radius 1 is 1.31 bits per heavy atom. The van der Waals surface area contributed by atoms with Crippen LogP contribution in [0.25, 0.3) is 0 Å². The number of amides is 2. The predicted octanol–water partition coefficient (Wildman–Crippen LogP) is 0.536. The summed E-state index contributed by atoms with van der Waals surface area (Å²) in [5, 5.41) is 0. The standard InChI is InChI=1S/C7H11NO4.CH4/c1-5(10)8(6(2)11)7(3)12-4-9;/h4,7H,1-3H3;1H4. The van der Waals surface area contributed by atoms with E-state index in [-0.39, 0.29) is 13.9 Å². The first-order chi connectivity index (χ1) is 5.50. The van der Waals surface area contributed by atoms with Crippen LogP contribution in [0.4, 0.5) is 0 Å². The third-order valence-corrected chi connectivity index (χ3v) is 1.29. The first kappa shape index (κ1) is 14.2. The third-order valence-electron chi connectivity index (χ3n) is 1.29. The number of ether oxygens (including phenoxy) is 1. The highest BCUT2D eigenvalue weighted by Crippen LogP contribution is 2.00. The van der Waals surface area contributed by atoms with E-state index < -0.39 is 18.0 Å². The Morgan fingerprint density at radius 2 is 1.69 bits per heavy atom. The van der Waals surface area contributed by atoms with E-state index in [0.29, 0.717) is 0 Å². The fourth-order valence-corrected chi connectivity index (χ4v) is 0.875. The number of carbonyl (C=O) groups is 3. The van der Waals surface area contributed by atoms with Gasteiger partial charge in [0.2, 0.25) is 11.8 Å². The highest BCUT2D eigenvalue weighted by Gasteiger charge is 2.21. The van der Waals surface area contributed by atoms with Crippen molar-refractivity contribution in [3.05, 3.63) is 0 Å². The van der Waals surface area contributed by atoms with Gasteiger partial charge in [0, 0.05) is 13.8 Å². The Bertz CT molecular complexity index is 188. The monoisotopic (exact) mass is 189 g/mol. The lowest BCUT2D eigenvalue weighted by Crippen LogP contribution is -2.41. The van der Waals surface area contributed by atoms with Crippen LogP contribution in [0.15, 0.2) is 0 Å². The SMILES string of the molecule is C.CC(=O)N(C(C)=O)C(C)OC=O. The zero-order valence-corrected chi connectivity index (χ0v) is 7.23. The molecule has 5 heteroatoms. The van der Waals surface area contributed by atoms with Crippen LogP contribution in [0.5, 0.6) is 0 Å². The van der Waals surface area contributed by atoms with Crippen molar-refractivity contribution in [2.24, 2.45) is 0 Å². The summed E-state index contributed by atoms with van der Waals surface area (Å²) in [6.07, 6.45) is -0.836. The second kappa shape index (κ2) is 6.16. The normalized spacial score (nSPS) is 10.7. The fourth-order valence-electron chi connectivity index (χ4n) is 0.875. The van der Waals surface area contributed by atoms with Crippen molar-refractivity contribution in [1.29, 1.82) is 0 Å². The molecule has 0 N–H and O–H groups in total. The molecule has 0 aliphatic carbocycles. The van der Waals surface area contributed by atoms with Crippen molar-refractivity contribution < 1.29 is 19.1 Å². The molecular formula is C8H15NO4. The molecule has 5 nitrogen and oxygen atoms in total. The number of rotatable bonds is 3. The van der Waals surface area contributed by atoms with Crippen LogP contribution in [-0.2, 0) is 19.1 Å². The van der Waals surface area contributed by atoms with E-state index in [0.717, 1.165) is 4.90 Å². The summed E-state index contributed by atoms with van der Waals surface area (Å²) in [5.74, 6) is -0.895. The van der Waals surface area contributed by atoms with Crippen molar-refractivity contribution in [1.82, 2.24) is 4.90 Å². The molecule has 0 radical (unpaired) electrons. The summed E-state index contributed by atoms with van der Waals surface area (Å²) >= 11 is 0. The van der Waals surface area contributed by atoms with Gasteiger partial charge >= 0.3 is 0 Å².